The molecule has 8 nitrogen and oxygen atoms in total. The van der Waals surface area contributed by atoms with Crippen LogP contribution in [0.4, 0.5) is 5.69 Å². The number of rotatable bonds is 10. The van der Waals surface area contributed by atoms with Gasteiger partial charge in [0.2, 0.25) is 5.91 Å². The first kappa shape index (κ1) is 22.6. The monoisotopic (exact) mass is 412 g/mol. The standard InChI is InChI=1S/C22H24N2O6/c1-3-29-18-10-6-15(7-11-18)19(25)12-13-20(26)30-14(2)22(28)24-17-8-4-16(5-9-17)21(23)27/h4-11,14H,3,12-13H2,1-2H3,(H2,23,27)(H,24,28). The summed E-state index contributed by atoms with van der Waals surface area (Å²) in [5.74, 6) is -1.30. The largest absolute Gasteiger partial charge is 0.494 e. The van der Waals surface area contributed by atoms with Crippen LogP contribution in [0, 0.1) is 0 Å². The fourth-order valence-corrected chi connectivity index (χ4v) is 2.53. The number of amides is 2. The van der Waals surface area contributed by atoms with Crippen molar-refractivity contribution in [2.75, 3.05) is 11.9 Å². The second-order valence-electron chi connectivity index (χ2n) is 6.44. The smallest absolute Gasteiger partial charge is 0.307 e. The first-order valence-corrected chi connectivity index (χ1v) is 9.46. The minimum absolute atomic E-state index is 0.0320. The Balaban J connectivity index is 1.79. The maximum absolute atomic E-state index is 12.2. The van der Waals surface area contributed by atoms with Gasteiger partial charge in [0.15, 0.2) is 11.9 Å². The van der Waals surface area contributed by atoms with Gasteiger partial charge in [-0.2, -0.15) is 0 Å². The fourth-order valence-electron chi connectivity index (χ4n) is 2.53. The summed E-state index contributed by atoms with van der Waals surface area (Å²) in [7, 11) is 0. The molecular weight excluding hydrogens is 388 g/mol. The van der Waals surface area contributed by atoms with Gasteiger partial charge in [-0.3, -0.25) is 19.2 Å². The molecule has 0 aromatic heterocycles. The van der Waals surface area contributed by atoms with E-state index >= 15 is 0 Å². The van der Waals surface area contributed by atoms with Crippen LogP contribution in [0.1, 0.15) is 47.4 Å². The van der Waals surface area contributed by atoms with Gasteiger partial charge < -0.3 is 20.5 Å². The number of hydrogen-bond acceptors (Lipinski definition) is 6. The van der Waals surface area contributed by atoms with Crippen LogP contribution in [-0.4, -0.2) is 36.3 Å². The lowest BCUT2D eigenvalue weighted by molar-refractivity contribution is -0.153. The van der Waals surface area contributed by atoms with Gasteiger partial charge in [0.1, 0.15) is 5.75 Å². The van der Waals surface area contributed by atoms with Crippen molar-refractivity contribution in [3.63, 3.8) is 0 Å². The minimum Gasteiger partial charge on any atom is -0.494 e. The van der Waals surface area contributed by atoms with Gasteiger partial charge in [-0.25, -0.2) is 0 Å². The number of benzene rings is 2. The van der Waals surface area contributed by atoms with Crippen molar-refractivity contribution in [1.82, 2.24) is 0 Å². The first-order chi connectivity index (χ1) is 14.3. The molecule has 1 unspecified atom stereocenters. The van der Waals surface area contributed by atoms with Gasteiger partial charge in [-0.1, -0.05) is 0 Å². The summed E-state index contributed by atoms with van der Waals surface area (Å²) in [5, 5.41) is 2.57. The van der Waals surface area contributed by atoms with E-state index in [0.29, 0.717) is 29.2 Å². The van der Waals surface area contributed by atoms with E-state index in [-0.39, 0.29) is 18.6 Å². The topological polar surface area (TPSA) is 125 Å². The number of carbonyl (C=O) groups excluding carboxylic acids is 4. The molecule has 8 heteroatoms. The zero-order chi connectivity index (χ0) is 22.1. The van der Waals surface area contributed by atoms with Gasteiger partial charge in [-0.05, 0) is 62.4 Å². The van der Waals surface area contributed by atoms with Crippen LogP contribution in [0.3, 0.4) is 0 Å². The lowest BCUT2D eigenvalue weighted by Gasteiger charge is -2.13. The number of nitrogens with one attached hydrogen (secondary N) is 1. The van der Waals surface area contributed by atoms with Gasteiger partial charge in [0, 0.05) is 23.2 Å². The van der Waals surface area contributed by atoms with Crippen molar-refractivity contribution in [3.05, 3.63) is 59.7 Å². The molecule has 2 amide bonds. The second-order valence-corrected chi connectivity index (χ2v) is 6.44. The SMILES string of the molecule is CCOc1ccc(C(=O)CCC(=O)OC(C)C(=O)Nc2ccc(C(N)=O)cc2)cc1. The summed E-state index contributed by atoms with van der Waals surface area (Å²) in [6, 6.07) is 12.6. The van der Waals surface area contributed by atoms with E-state index in [1.165, 1.54) is 31.2 Å². The summed E-state index contributed by atoms with van der Waals surface area (Å²) >= 11 is 0. The Hall–Kier alpha value is -3.68. The van der Waals surface area contributed by atoms with Crippen LogP contribution in [0.2, 0.25) is 0 Å². The second kappa shape index (κ2) is 10.8. The average molecular weight is 412 g/mol. The number of anilines is 1. The quantitative estimate of drug-likeness (QED) is 0.457. The molecule has 3 N–H and O–H groups in total. The van der Waals surface area contributed by atoms with E-state index in [2.05, 4.69) is 5.32 Å². The number of ketones is 1. The van der Waals surface area contributed by atoms with Crippen LogP contribution in [0.25, 0.3) is 0 Å². The number of ether oxygens (including phenoxy) is 2. The van der Waals surface area contributed by atoms with Crippen molar-refractivity contribution >= 4 is 29.3 Å². The van der Waals surface area contributed by atoms with Gasteiger partial charge >= 0.3 is 5.97 Å². The molecule has 0 aliphatic carbocycles. The number of primary amides is 1. The Morgan fingerprint density at radius 3 is 2.10 bits per heavy atom. The van der Waals surface area contributed by atoms with E-state index in [1.807, 2.05) is 6.92 Å². The minimum atomic E-state index is -1.05. The third kappa shape index (κ3) is 6.73. The third-order valence-electron chi connectivity index (χ3n) is 4.16. The molecule has 0 aliphatic rings. The van der Waals surface area contributed by atoms with Gasteiger partial charge in [0.05, 0.1) is 13.0 Å². The number of carbonyl (C=O) groups is 4. The van der Waals surface area contributed by atoms with Crippen LogP contribution in [0.5, 0.6) is 5.75 Å². The summed E-state index contributed by atoms with van der Waals surface area (Å²) in [4.78, 5) is 47.4. The lowest BCUT2D eigenvalue weighted by atomic mass is 10.1. The van der Waals surface area contributed by atoms with Gasteiger partial charge in [-0.15, -0.1) is 0 Å². The zero-order valence-corrected chi connectivity index (χ0v) is 16.8. The zero-order valence-electron chi connectivity index (χ0n) is 16.8. The molecular formula is C22H24N2O6. The number of Topliss-reactive ketones (excluding diaryl/α,β-unsaturated/α-hetero) is 1. The Labute approximate surface area is 174 Å². The molecule has 0 bridgehead atoms. The molecule has 0 saturated carbocycles. The van der Waals surface area contributed by atoms with Crippen molar-refractivity contribution in [2.45, 2.75) is 32.8 Å². The third-order valence-corrected chi connectivity index (χ3v) is 4.16. The summed E-state index contributed by atoms with van der Waals surface area (Å²) in [6.07, 6.45) is -1.22. The van der Waals surface area contributed by atoms with Crippen molar-refractivity contribution in [1.29, 1.82) is 0 Å². The predicted octanol–water partition coefficient (Wildman–Crippen LogP) is 2.72. The molecule has 0 radical (unpaired) electrons. The molecule has 2 rings (SSSR count). The molecule has 0 aliphatic heterocycles. The van der Waals surface area contributed by atoms with Crippen LogP contribution < -0.4 is 15.8 Å². The van der Waals surface area contributed by atoms with E-state index in [9.17, 15) is 19.2 Å². The molecule has 0 spiro atoms. The number of nitrogens with two attached hydrogens (primary N) is 1. The summed E-state index contributed by atoms with van der Waals surface area (Å²) in [6.45, 7) is 3.83. The highest BCUT2D eigenvalue weighted by Gasteiger charge is 2.19. The fraction of sp³-hybridized carbons (Fsp3) is 0.273. The van der Waals surface area contributed by atoms with E-state index in [4.69, 9.17) is 15.2 Å². The molecule has 0 fully saturated rings. The highest BCUT2D eigenvalue weighted by atomic mass is 16.5. The van der Waals surface area contributed by atoms with Gasteiger partial charge in [0.25, 0.3) is 5.91 Å². The Bertz CT molecular complexity index is 906. The Morgan fingerprint density at radius 1 is 0.933 bits per heavy atom. The van der Waals surface area contributed by atoms with Crippen LogP contribution >= 0.6 is 0 Å². The Morgan fingerprint density at radius 2 is 1.53 bits per heavy atom. The summed E-state index contributed by atoms with van der Waals surface area (Å²) in [5.41, 5.74) is 6.37. The highest BCUT2D eigenvalue weighted by Crippen LogP contribution is 2.15. The maximum atomic E-state index is 12.2. The van der Waals surface area contributed by atoms with Crippen molar-refractivity contribution in [2.24, 2.45) is 5.73 Å². The van der Waals surface area contributed by atoms with Crippen molar-refractivity contribution in [3.8, 4) is 5.75 Å². The molecule has 0 heterocycles. The maximum Gasteiger partial charge on any atom is 0.307 e. The molecule has 2 aromatic rings. The predicted molar refractivity (Wildman–Crippen MR) is 110 cm³/mol. The lowest BCUT2D eigenvalue weighted by Crippen LogP contribution is -2.30. The normalized spacial score (nSPS) is 11.3. The Kier molecular flexibility index (Phi) is 8.10. The number of esters is 1. The molecule has 2 aromatic carbocycles. The highest BCUT2D eigenvalue weighted by molar-refractivity contribution is 5.98. The van der Waals surface area contributed by atoms with E-state index in [0.717, 1.165) is 0 Å². The van der Waals surface area contributed by atoms with Crippen molar-refractivity contribution < 1.29 is 28.7 Å². The van der Waals surface area contributed by atoms with E-state index in [1.54, 1.807) is 24.3 Å². The summed E-state index contributed by atoms with van der Waals surface area (Å²) < 4.78 is 10.4. The average Bonchev–Trinajstić information content (AvgIpc) is 2.73. The first-order valence-electron chi connectivity index (χ1n) is 9.46. The van der Waals surface area contributed by atoms with Crippen LogP contribution in [0.15, 0.2) is 48.5 Å². The number of hydrogen-bond donors (Lipinski definition) is 2. The van der Waals surface area contributed by atoms with Crippen LogP contribution in [-0.2, 0) is 14.3 Å². The molecule has 1 atom stereocenters. The molecule has 158 valence electrons. The van der Waals surface area contributed by atoms with E-state index < -0.39 is 23.9 Å². The molecule has 30 heavy (non-hydrogen) atoms. The molecule has 0 saturated heterocycles.